The molecule has 0 fully saturated rings. The molecule has 1 aromatic heterocycles. The molecule has 0 radical (unpaired) electrons. The lowest BCUT2D eigenvalue weighted by molar-refractivity contribution is 0.185. The number of nitrogens with one attached hydrogen (secondary N) is 2. The number of hydrogen-bond donors (Lipinski definition) is 3. The van der Waals surface area contributed by atoms with Crippen molar-refractivity contribution in [1.29, 1.82) is 0 Å². The fourth-order valence-electron chi connectivity index (χ4n) is 1.93. The summed E-state index contributed by atoms with van der Waals surface area (Å²) >= 11 is 0. The van der Waals surface area contributed by atoms with E-state index in [1.165, 1.54) is 0 Å². The van der Waals surface area contributed by atoms with Crippen LogP contribution >= 0.6 is 0 Å². The number of nitrogen functional groups attached to an aromatic ring is 1. The normalized spacial score (nSPS) is 10.4. The van der Waals surface area contributed by atoms with Crippen molar-refractivity contribution in [3.63, 3.8) is 0 Å². The van der Waals surface area contributed by atoms with E-state index in [-0.39, 0.29) is 5.95 Å². The number of nitrogens with two attached hydrogens (primary N) is 1. The summed E-state index contributed by atoms with van der Waals surface area (Å²) in [6, 6.07) is 9.81. The first kappa shape index (κ1) is 15.1. The van der Waals surface area contributed by atoms with Gasteiger partial charge in [0.2, 0.25) is 5.95 Å². The summed E-state index contributed by atoms with van der Waals surface area (Å²) < 4.78 is 5.13. The summed E-state index contributed by atoms with van der Waals surface area (Å²) in [6.45, 7) is 3.52. The predicted octanol–water partition coefficient (Wildman–Crippen LogP) is 2.77. The van der Waals surface area contributed by atoms with Crippen molar-refractivity contribution in [3.8, 4) is 0 Å². The molecule has 0 atom stereocenters. The quantitative estimate of drug-likeness (QED) is 0.726. The number of benzene rings is 1. The molecule has 0 aliphatic carbocycles. The van der Waals surface area contributed by atoms with E-state index in [0.717, 1.165) is 30.0 Å². The Morgan fingerprint density at radius 1 is 1.19 bits per heavy atom. The fourth-order valence-corrected chi connectivity index (χ4v) is 1.93. The molecule has 6 heteroatoms. The maximum absolute atomic E-state index is 5.74. The van der Waals surface area contributed by atoms with E-state index in [9.17, 15) is 0 Å². The second-order valence-electron chi connectivity index (χ2n) is 4.68. The highest BCUT2D eigenvalue weighted by atomic mass is 16.5. The van der Waals surface area contributed by atoms with Gasteiger partial charge in [-0.25, -0.2) is 0 Å². The maximum atomic E-state index is 5.74. The molecule has 2 rings (SSSR count). The van der Waals surface area contributed by atoms with E-state index in [0.29, 0.717) is 12.4 Å². The Balaban J connectivity index is 2.14. The fraction of sp³-hybridized carbons (Fsp3) is 0.333. The average molecular weight is 287 g/mol. The highest BCUT2D eigenvalue weighted by molar-refractivity contribution is 5.61. The summed E-state index contributed by atoms with van der Waals surface area (Å²) in [6.07, 6.45) is 1.02. The summed E-state index contributed by atoms with van der Waals surface area (Å²) in [5, 5.41) is 6.44. The second-order valence-corrected chi connectivity index (χ2v) is 4.68. The number of nitrogens with zero attached hydrogens (tertiary/aromatic N) is 2. The lowest BCUT2D eigenvalue weighted by Gasteiger charge is -2.10. The molecule has 1 aromatic carbocycles. The zero-order chi connectivity index (χ0) is 15.1. The number of rotatable bonds is 7. The van der Waals surface area contributed by atoms with E-state index >= 15 is 0 Å². The van der Waals surface area contributed by atoms with Crippen LogP contribution in [0.3, 0.4) is 0 Å². The topological polar surface area (TPSA) is 85.1 Å². The maximum Gasteiger partial charge on any atom is 0.223 e. The summed E-state index contributed by atoms with van der Waals surface area (Å²) in [7, 11) is 1.68. The Kier molecular flexibility index (Phi) is 5.34. The van der Waals surface area contributed by atoms with Crippen LogP contribution in [0.25, 0.3) is 0 Å². The molecule has 2 aromatic rings. The third-order valence-electron chi connectivity index (χ3n) is 2.81. The molecule has 0 saturated carbocycles. The van der Waals surface area contributed by atoms with Gasteiger partial charge in [-0.05, 0) is 24.1 Å². The Bertz CT molecular complexity index is 588. The van der Waals surface area contributed by atoms with E-state index < -0.39 is 0 Å². The van der Waals surface area contributed by atoms with Gasteiger partial charge in [0.05, 0.1) is 6.61 Å². The van der Waals surface area contributed by atoms with Crippen LogP contribution in [0.15, 0.2) is 30.3 Å². The molecule has 0 saturated heterocycles. The Morgan fingerprint density at radius 3 is 2.76 bits per heavy atom. The molecule has 6 nitrogen and oxygen atoms in total. The predicted molar refractivity (Wildman–Crippen MR) is 85.7 cm³/mol. The van der Waals surface area contributed by atoms with Crippen LogP contribution in [0, 0.1) is 0 Å². The van der Waals surface area contributed by atoms with Crippen LogP contribution in [0.1, 0.15) is 18.9 Å². The lowest BCUT2D eigenvalue weighted by Crippen LogP contribution is -2.06. The standard InChI is InChI=1S/C15H21N5O/c1-3-7-17-13-9-14(20-15(16)19-13)18-12-6-4-5-11(8-12)10-21-2/h4-6,8-9H,3,7,10H2,1-2H3,(H4,16,17,18,19,20). The van der Waals surface area contributed by atoms with Gasteiger partial charge in [0.25, 0.3) is 0 Å². The van der Waals surface area contributed by atoms with E-state index in [1.807, 2.05) is 30.3 Å². The SMILES string of the molecule is CCCNc1cc(Nc2cccc(COC)c2)nc(N)n1. The zero-order valence-electron chi connectivity index (χ0n) is 12.4. The van der Waals surface area contributed by atoms with Crippen LogP contribution in [0.4, 0.5) is 23.3 Å². The van der Waals surface area contributed by atoms with E-state index in [4.69, 9.17) is 10.5 Å². The van der Waals surface area contributed by atoms with Crippen LogP contribution in [-0.2, 0) is 11.3 Å². The summed E-state index contributed by atoms with van der Waals surface area (Å²) in [4.78, 5) is 8.35. The second kappa shape index (κ2) is 7.44. The number of ether oxygens (including phenoxy) is 1. The molecule has 0 unspecified atom stereocenters. The van der Waals surface area contributed by atoms with E-state index in [1.54, 1.807) is 7.11 Å². The van der Waals surface area contributed by atoms with Crippen LogP contribution in [0.5, 0.6) is 0 Å². The van der Waals surface area contributed by atoms with Gasteiger partial charge in [-0.1, -0.05) is 19.1 Å². The number of aromatic nitrogens is 2. The van der Waals surface area contributed by atoms with Gasteiger partial charge in [0.15, 0.2) is 0 Å². The highest BCUT2D eigenvalue weighted by Crippen LogP contribution is 2.19. The van der Waals surface area contributed by atoms with Crippen molar-refractivity contribution < 1.29 is 4.74 Å². The van der Waals surface area contributed by atoms with Crippen molar-refractivity contribution in [1.82, 2.24) is 9.97 Å². The van der Waals surface area contributed by atoms with Crippen molar-refractivity contribution in [2.75, 3.05) is 30.0 Å². The number of methoxy groups -OCH3 is 1. The molecular weight excluding hydrogens is 266 g/mol. The highest BCUT2D eigenvalue weighted by Gasteiger charge is 2.03. The van der Waals surface area contributed by atoms with Crippen molar-refractivity contribution in [2.24, 2.45) is 0 Å². The number of hydrogen-bond acceptors (Lipinski definition) is 6. The smallest absolute Gasteiger partial charge is 0.223 e. The zero-order valence-corrected chi connectivity index (χ0v) is 12.4. The first-order valence-corrected chi connectivity index (χ1v) is 6.94. The summed E-state index contributed by atoms with van der Waals surface area (Å²) in [5.41, 5.74) is 7.77. The molecule has 0 amide bonds. The minimum absolute atomic E-state index is 0.242. The van der Waals surface area contributed by atoms with Gasteiger partial charge in [0, 0.05) is 25.4 Å². The minimum Gasteiger partial charge on any atom is -0.380 e. The molecule has 4 N–H and O–H groups in total. The average Bonchev–Trinajstić information content (AvgIpc) is 2.45. The first-order chi connectivity index (χ1) is 10.2. The molecule has 0 aliphatic rings. The monoisotopic (exact) mass is 287 g/mol. The molecule has 1 heterocycles. The molecule has 0 aliphatic heterocycles. The van der Waals surface area contributed by atoms with E-state index in [2.05, 4.69) is 27.5 Å². The van der Waals surface area contributed by atoms with Gasteiger partial charge < -0.3 is 21.1 Å². The molecule has 21 heavy (non-hydrogen) atoms. The van der Waals surface area contributed by atoms with Gasteiger partial charge in [0.1, 0.15) is 11.6 Å². The first-order valence-electron chi connectivity index (χ1n) is 6.94. The van der Waals surface area contributed by atoms with Gasteiger partial charge in [-0.2, -0.15) is 9.97 Å². The van der Waals surface area contributed by atoms with Crippen molar-refractivity contribution >= 4 is 23.3 Å². The number of anilines is 4. The molecule has 0 spiro atoms. The molecule has 0 bridgehead atoms. The third kappa shape index (κ3) is 4.61. The Morgan fingerprint density at radius 2 is 2.00 bits per heavy atom. The summed E-state index contributed by atoms with van der Waals surface area (Å²) in [5.74, 6) is 1.63. The van der Waals surface area contributed by atoms with Crippen molar-refractivity contribution in [2.45, 2.75) is 20.0 Å². The van der Waals surface area contributed by atoms with Crippen molar-refractivity contribution in [3.05, 3.63) is 35.9 Å². The molecule has 112 valence electrons. The Hall–Kier alpha value is -2.34. The van der Waals surface area contributed by atoms with Crippen LogP contribution < -0.4 is 16.4 Å². The lowest BCUT2D eigenvalue weighted by atomic mass is 10.2. The van der Waals surface area contributed by atoms with Crippen LogP contribution in [-0.4, -0.2) is 23.6 Å². The largest absolute Gasteiger partial charge is 0.380 e. The van der Waals surface area contributed by atoms with Gasteiger partial charge >= 0.3 is 0 Å². The minimum atomic E-state index is 0.242. The van der Waals surface area contributed by atoms with Crippen LogP contribution in [0.2, 0.25) is 0 Å². The van der Waals surface area contributed by atoms with Gasteiger partial charge in [-0.3, -0.25) is 0 Å². The Labute approximate surface area is 124 Å². The van der Waals surface area contributed by atoms with Gasteiger partial charge in [-0.15, -0.1) is 0 Å². The molecular formula is C15H21N5O. The third-order valence-corrected chi connectivity index (χ3v) is 2.81.